The molecule has 3 aromatic rings. The SMILES string of the molecule is COc1ccc2cccc(OCC3CCN(CC(O)c4ccc5c(c4)OCCO5)CC3)c2c1. The van der Waals surface area contributed by atoms with Crippen LogP contribution in [0.5, 0.6) is 23.0 Å². The molecule has 1 unspecified atom stereocenters. The number of aliphatic hydroxyl groups excluding tert-OH is 1. The Kier molecular flexibility index (Phi) is 6.55. The first-order valence-corrected chi connectivity index (χ1v) is 11.7. The van der Waals surface area contributed by atoms with E-state index in [9.17, 15) is 5.11 Å². The van der Waals surface area contributed by atoms with Crippen molar-refractivity contribution in [3.05, 3.63) is 60.2 Å². The molecule has 0 aromatic heterocycles. The topological polar surface area (TPSA) is 60.4 Å². The van der Waals surface area contributed by atoms with Crippen LogP contribution >= 0.6 is 0 Å². The molecule has 6 nitrogen and oxygen atoms in total. The second kappa shape index (κ2) is 9.89. The molecule has 5 rings (SSSR count). The average Bonchev–Trinajstić information content (AvgIpc) is 2.87. The fraction of sp³-hybridized carbons (Fsp3) is 0.407. The number of hydrogen-bond acceptors (Lipinski definition) is 6. The molecule has 1 atom stereocenters. The van der Waals surface area contributed by atoms with Gasteiger partial charge in [-0.15, -0.1) is 0 Å². The van der Waals surface area contributed by atoms with E-state index in [4.69, 9.17) is 18.9 Å². The summed E-state index contributed by atoms with van der Waals surface area (Å²) >= 11 is 0. The molecule has 3 aromatic carbocycles. The molecule has 0 spiro atoms. The zero-order chi connectivity index (χ0) is 22.6. The molecule has 2 aliphatic rings. The van der Waals surface area contributed by atoms with Crippen LogP contribution in [0.1, 0.15) is 24.5 Å². The van der Waals surface area contributed by atoms with Gasteiger partial charge in [0.1, 0.15) is 24.7 Å². The standard InChI is InChI=1S/C27H31NO5/c1-30-22-7-5-20-3-2-4-25(23(20)16-22)33-18-19-9-11-28(12-10-19)17-24(29)21-6-8-26-27(15-21)32-14-13-31-26/h2-8,15-16,19,24,29H,9-14,17-18H2,1H3. The Morgan fingerprint density at radius 2 is 1.82 bits per heavy atom. The first-order chi connectivity index (χ1) is 16.2. The van der Waals surface area contributed by atoms with Crippen LogP contribution in [0.4, 0.5) is 0 Å². The Balaban J connectivity index is 1.13. The number of β-amino-alcohol motifs (C(OH)–C–C–N with tert-alkyl or cyclic N) is 1. The predicted molar refractivity (Wildman–Crippen MR) is 128 cm³/mol. The maximum Gasteiger partial charge on any atom is 0.161 e. The van der Waals surface area contributed by atoms with Gasteiger partial charge in [-0.25, -0.2) is 0 Å². The number of ether oxygens (including phenoxy) is 4. The lowest BCUT2D eigenvalue weighted by Crippen LogP contribution is -2.38. The van der Waals surface area contributed by atoms with Crippen LogP contribution in [0.15, 0.2) is 54.6 Å². The molecule has 6 heteroatoms. The molecule has 174 valence electrons. The Hall–Kier alpha value is -2.96. The highest BCUT2D eigenvalue weighted by molar-refractivity contribution is 5.89. The fourth-order valence-corrected chi connectivity index (χ4v) is 4.64. The van der Waals surface area contributed by atoms with Gasteiger partial charge in [0.25, 0.3) is 0 Å². The van der Waals surface area contributed by atoms with E-state index in [0.29, 0.717) is 32.3 Å². The summed E-state index contributed by atoms with van der Waals surface area (Å²) in [6.45, 7) is 4.36. The minimum absolute atomic E-state index is 0.508. The first-order valence-electron chi connectivity index (χ1n) is 11.7. The smallest absolute Gasteiger partial charge is 0.161 e. The molecular formula is C27H31NO5. The molecule has 1 N–H and O–H groups in total. The molecule has 0 radical (unpaired) electrons. The van der Waals surface area contributed by atoms with E-state index in [1.807, 2.05) is 42.5 Å². The van der Waals surface area contributed by atoms with E-state index >= 15 is 0 Å². The Morgan fingerprint density at radius 1 is 1.00 bits per heavy atom. The third-order valence-electron chi connectivity index (χ3n) is 6.61. The van der Waals surface area contributed by atoms with E-state index in [0.717, 1.165) is 65.3 Å². The van der Waals surface area contributed by atoms with Gasteiger partial charge in [-0.1, -0.05) is 24.3 Å². The monoisotopic (exact) mass is 449 g/mol. The molecule has 2 heterocycles. The molecule has 0 saturated carbocycles. The van der Waals surface area contributed by atoms with Gasteiger partial charge in [0, 0.05) is 11.9 Å². The van der Waals surface area contributed by atoms with Crippen molar-refractivity contribution < 1.29 is 24.1 Å². The lowest BCUT2D eigenvalue weighted by Gasteiger charge is -2.33. The highest BCUT2D eigenvalue weighted by Crippen LogP contribution is 2.33. The Labute approximate surface area is 194 Å². The zero-order valence-electron chi connectivity index (χ0n) is 19.0. The number of fused-ring (bicyclic) bond motifs is 2. The number of aliphatic hydroxyl groups is 1. The summed E-state index contributed by atoms with van der Waals surface area (Å²) in [6, 6.07) is 17.9. The van der Waals surface area contributed by atoms with Crippen molar-refractivity contribution in [1.82, 2.24) is 4.90 Å². The van der Waals surface area contributed by atoms with Crippen molar-refractivity contribution in [2.75, 3.05) is 46.6 Å². The van der Waals surface area contributed by atoms with Crippen molar-refractivity contribution >= 4 is 10.8 Å². The number of rotatable bonds is 7. The van der Waals surface area contributed by atoms with Crippen LogP contribution in [0.25, 0.3) is 10.8 Å². The summed E-state index contributed by atoms with van der Waals surface area (Å²) in [6.07, 6.45) is 1.57. The summed E-state index contributed by atoms with van der Waals surface area (Å²) in [5.41, 5.74) is 0.871. The molecular weight excluding hydrogens is 418 g/mol. The first kappa shape index (κ1) is 21.9. The number of likely N-dealkylation sites (tertiary alicyclic amines) is 1. The van der Waals surface area contributed by atoms with E-state index < -0.39 is 6.10 Å². The average molecular weight is 450 g/mol. The van der Waals surface area contributed by atoms with Gasteiger partial charge in [0.05, 0.1) is 19.8 Å². The van der Waals surface area contributed by atoms with Crippen LogP contribution in [0, 0.1) is 5.92 Å². The second-order valence-electron chi connectivity index (χ2n) is 8.82. The van der Waals surface area contributed by atoms with Crippen LogP contribution in [-0.4, -0.2) is 56.6 Å². The maximum atomic E-state index is 10.8. The van der Waals surface area contributed by atoms with Crippen LogP contribution in [0.2, 0.25) is 0 Å². The summed E-state index contributed by atoms with van der Waals surface area (Å²) in [5.74, 6) is 3.72. The van der Waals surface area contributed by atoms with Crippen LogP contribution in [0.3, 0.4) is 0 Å². The molecule has 1 saturated heterocycles. The summed E-state index contributed by atoms with van der Waals surface area (Å²) < 4.78 is 22.9. The van der Waals surface area contributed by atoms with Gasteiger partial charge in [0.15, 0.2) is 11.5 Å². The lowest BCUT2D eigenvalue weighted by molar-refractivity contribution is 0.0790. The van der Waals surface area contributed by atoms with Crippen molar-refractivity contribution in [3.8, 4) is 23.0 Å². The van der Waals surface area contributed by atoms with Gasteiger partial charge in [0.2, 0.25) is 0 Å². The summed E-state index contributed by atoms with van der Waals surface area (Å²) in [7, 11) is 1.68. The third kappa shape index (κ3) is 5.02. The number of methoxy groups -OCH3 is 1. The molecule has 33 heavy (non-hydrogen) atoms. The predicted octanol–water partition coefficient (Wildman–Crippen LogP) is 4.44. The Bertz CT molecular complexity index is 1090. The van der Waals surface area contributed by atoms with Crippen LogP contribution in [-0.2, 0) is 0 Å². The van der Waals surface area contributed by atoms with Crippen molar-refractivity contribution in [3.63, 3.8) is 0 Å². The van der Waals surface area contributed by atoms with Gasteiger partial charge >= 0.3 is 0 Å². The maximum absolute atomic E-state index is 10.8. The van der Waals surface area contributed by atoms with E-state index in [-0.39, 0.29) is 0 Å². The van der Waals surface area contributed by atoms with E-state index in [1.165, 1.54) is 0 Å². The molecule has 0 amide bonds. The third-order valence-corrected chi connectivity index (χ3v) is 6.61. The summed E-state index contributed by atoms with van der Waals surface area (Å²) in [5, 5.41) is 13.0. The number of piperidine rings is 1. The number of benzene rings is 3. The van der Waals surface area contributed by atoms with Crippen molar-refractivity contribution in [2.45, 2.75) is 18.9 Å². The van der Waals surface area contributed by atoms with Crippen LogP contribution < -0.4 is 18.9 Å². The highest BCUT2D eigenvalue weighted by Gasteiger charge is 2.23. The van der Waals surface area contributed by atoms with Gasteiger partial charge < -0.3 is 29.0 Å². The van der Waals surface area contributed by atoms with Crippen molar-refractivity contribution in [2.24, 2.45) is 5.92 Å². The van der Waals surface area contributed by atoms with E-state index in [1.54, 1.807) is 7.11 Å². The largest absolute Gasteiger partial charge is 0.497 e. The zero-order valence-corrected chi connectivity index (χ0v) is 19.0. The number of hydrogen-bond donors (Lipinski definition) is 1. The number of nitrogens with zero attached hydrogens (tertiary/aromatic N) is 1. The Morgan fingerprint density at radius 3 is 2.64 bits per heavy atom. The quantitative estimate of drug-likeness (QED) is 0.575. The van der Waals surface area contributed by atoms with E-state index in [2.05, 4.69) is 17.0 Å². The van der Waals surface area contributed by atoms with Crippen molar-refractivity contribution in [1.29, 1.82) is 0 Å². The highest BCUT2D eigenvalue weighted by atomic mass is 16.6. The molecule has 2 aliphatic heterocycles. The second-order valence-corrected chi connectivity index (χ2v) is 8.82. The molecule has 0 aliphatic carbocycles. The fourth-order valence-electron chi connectivity index (χ4n) is 4.64. The molecule has 1 fully saturated rings. The normalized spacial score (nSPS) is 17.6. The summed E-state index contributed by atoms with van der Waals surface area (Å²) in [4.78, 5) is 2.33. The lowest BCUT2D eigenvalue weighted by atomic mass is 9.97. The van der Waals surface area contributed by atoms with Gasteiger partial charge in [-0.05, 0) is 73.1 Å². The molecule has 0 bridgehead atoms. The van der Waals surface area contributed by atoms with Gasteiger partial charge in [-0.3, -0.25) is 0 Å². The minimum atomic E-state index is -0.542. The van der Waals surface area contributed by atoms with Gasteiger partial charge in [-0.2, -0.15) is 0 Å². The minimum Gasteiger partial charge on any atom is -0.497 e.